The quantitative estimate of drug-likeness (QED) is 0.612. The molecular weight excluding hydrogens is 346 g/mol. The number of ether oxygens (including phenoxy) is 3. The molecule has 1 unspecified atom stereocenters. The maximum Gasteiger partial charge on any atom is 0.308 e. The molecule has 0 fully saturated rings. The number of hydrogen-bond acceptors (Lipinski definition) is 5. The Balaban J connectivity index is 2.08. The molecule has 0 aliphatic carbocycles. The zero-order chi connectivity index (χ0) is 19.6. The second-order valence-corrected chi connectivity index (χ2v) is 6.43. The van der Waals surface area contributed by atoms with Crippen LogP contribution in [0.5, 0.6) is 17.2 Å². The average Bonchev–Trinajstić information content (AvgIpc) is 2.66. The molecular formula is C21H23NO5. The summed E-state index contributed by atoms with van der Waals surface area (Å²) in [5.41, 5.74) is 3.07. The van der Waals surface area contributed by atoms with Crippen molar-refractivity contribution in [2.45, 2.75) is 26.3 Å². The van der Waals surface area contributed by atoms with E-state index in [-0.39, 0.29) is 17.9 Å². The highest BCUT2D eigenvalue weighted by Gasteiger charge is 2.31. The number of esters is 1. The van der Waals surface area contributed by atoms with Gasteiger partial charge in [-0.1, -0.05) is 12.1 Å². The first-order valence-corrected chi connectivity index (χ1v) is 8.75. The van der Waals surface area contributed by atoms with E-state index in [1.165, 1.54) is 6.92 Å². The molecule has 0 bridgehead atoms. The Labute approximate surface area is 158 Å². The Hall–Kier alpha value is -3.02. The predicted octanol–water partition coefficient (Wildman–Crippen LogP) is 3.12. The van der Waals surface area contributed by atoms with Crippen LogP contribution in [-0.2, 0) is 16.0 Å². The molecule has 6 heteroatoms. The van der Waals surface area contributed by atoms with Crippen LogP contribution in [0.25, 0.3) is 0 Å². The summed E-state index contributed by atoms with van der Waals surface area (Å²) in [7, 11) is 3.21. The van der Waals surface area contributed by atoms with Gasteiger partial charge in [-0.05, 0) is 47.4 Å². The van der Waals surface area contributed by atoms with Gasteiger partial charge in [0.15, 0.2) is 11.5 Å². The highest BCUT2D eigenvalue weighted by Crippen LogP contribution is 2.41. The van der Waals surface area contributed by atoms with Gasteiger partial charge in [0.1, 0.15) is 5.75 Å². The minimum absolute atomic E-state index is 0.00416. The Morgan fingerprint density at radius 2 is 1.63 bits per heavy atom. The van der Waals surface area contributed by atoms with Crippen LogP contribution in [0.4, 0.5) is 0 Å². The SMILES string of the molecule is COc1cc2c(cc1OC)C(c1ccc(OC(C)=O)cc1)N(C(C)=O)CC2. The van der Waals surface area contributed by atoms with Gasteiger partial charge in [0.2, 0.25) is 5.91 Å². The van der Waals surface area contributed by atoms with E-state index in [4.69, 9.17) is 14.2 Å². The fraction of sp³-hybridized carbons (Fsp3) is 0.333. The number of hydrogen-bond donors (Lipinski definition) is 0. The summed E-state index contributed by atoms with van der Waals surface area (Å²) in [5.74, 6) is 1.42. The van der Waals surface area contributed by atoms with Gasteiger partial charge in [-0.15, -0.1) is 0 Å². The maximum absolute atomic E-state index is 12.3. The molecule has 2 aromatic carbocycles. The van der Waals surface area contributed by atoms with E-state index in [0.717, 1.165) is 23.1 Å². The van der Waals surface area contributed by atoms with E-state index in [1.807, 2.05) is 29.2 Å². The molecule has 6 nitrogen and oxygen atoms in total. The molecule has 1 atom stereocenters. The van der Waals surface area contributed by atoms with Crippen LogP contribution in [0.1, 0.15) is 36.6 Å². The van der Waals surface area contributed by atoms with Crippen LogP contribution in [-0.4, -0.2) is 37.5 Å². The summed E-state index contributed by atoms with van der Waals surface area (Å²) in [6, 6.07) is 10.9. The van der Waals surface area contributed by atoms with Crippen molar-refractivity contribution in [1.82, 2.24) is 4.90 Å². The lowest BCUT2D eigenvalue weighted by Gasteiger charge is -2.37. The van der Waals surface area contributed by atoms with Crippen molar-refractivity contribution < 1.29 is 23.8 Å². The smallest absolute Gasteiger partial charge is 0.308 e. The van der Waals surface area contributed by atoms with E-state index >= 15 is 0 Å². The molecule has 2 aromatic rings. The van der Waals surface area contributed by atoms with Gasteiger partial charge in [-0.25, -0.2) is 0 Å². The molecule has 1 aliphatic rings. The Kier molecular flexibility index (Phi) is 5.35. The van der Waals surface area contributed by atoms with Crippen molar-refractivity contribution in [3.05, 3.63) is 53.1 Å². The van der Waals surface area contributed by atoms with E-state index in [9.17, 15) is 9.59 Å². The van der Waals surface area contributed by atoms with Crippen molar-refractivity contribution in [3.8, 4) is 17.2 Å². The highest BCUT2D eigenvalue weighted by molar-refractivity contribution is 5.75. The summed E-state index contributed by atoms with van der Waals surface area (Å²) in [4.78, 5) is 25.3. The highest BCUT2D eigenvalue weighted by atomic mass is 16.5. The third kappa shape index (κ3) is 3.74. The fourth-order valence-corrected chi connectivity index (χ4v) is 3.53. The van der Waals surface area contributed by atoms with Gasteiger partial charge >= 0.3 is 5.97 Å². The summed E-state index contributed by atoms with van der Waals surface area (Å²) < 4.78 is 16.0. The number of nitrogens with zero attached hydrogens (tertiary/aromatic N) is 1. The molecule has 1 amide bonds. The minimum Gasteiger partial charge on any atom is -0.493 e. The van der Waals surface area contributed by atoms with Crippen LogP contribution in [0.15, 0.2) is 36.4 Å². The predicted molar refractivity (Wildman–Crippen MR) is 100 cm³/mol. The van der Waals surface area contributed by atoms with E-state index in [1.54, 1.807) is 33.3 Å². The average molecular weight is 369 g/mol. The fourth-order valence-electron chi connectivity index (χ4n) is 3.53. The van der Waals surface area contributed by atoms with E-state index in [0.29, 0.717) is 23.8 Å². The molecule has 3 rings (SSSR count). The largest absolute Gasteiger partial charge is 0.493 e. The van der Waals surface area contributed by atoms with Gasteiger partial charge < -0.3 is 19.1 Å². The second-order valence-electron chi connectivity index (χ2n) is 6.43. The van der Waals surface area contributed by atoms with Crippen LogP contribution in [0.2, 0.25) is 0 Å². The summed E-state index contributed by atoms with van der Waals surface area (Å²) >= 11 is 0. The van der Waals surface area contributed by atoms with Gasteiger partial charge in [-0.3, -0.25) is 9.59 Å². The van der Waals surface area contributed by atoms with Crippen molar-refractivity contribution in [1.29, 1.82) is 0 Å². The Morgan fingerprint density at radius 1 is 1.00 bits per heavy atom. The molecule has 0 aromatic heterocycles. The molecule has 0 spiro atoms. The molecule has 0 saturated heterocycles. The standard InChI is InChI=1S/C21H23NO5/c1-13(23)22-10-9-16-11-19(25-3)20(26-4)12-18(16)21(22)15-5-7-17(8-6-15)27-14(2)24/h5-8,11-12,21H,9-10H2,1-4H3. The van der Waals surface area contributed by atoms with Crippen LogP contribution in [0.3, 0.4) is 0 Å². The molecule has 0 N–H and O–H groups in total. The summed E-state index contributed by atoms with van der Waals surface area (Å²) in [6.07, 6.45) is 0.747. The van der Waals surface area contributed by atoms with Crippen molar-refractivity contribution in [2.75, 3.05) is 20.8 Å². The van der Waals surface area contributed by atoms with Crippen LogP contribution in [0, 0.1) is 0 Å². The monoisotopic (exact) mass is 369 g/mol. The van der Waals surface area contributed by atoms with E-state index < -0.39 is 0 Å². The molecule has 1 heterocycles. The van der Waals surface area contributed by atoms with E-state index in [2.05, 4.69) is 0 Å². The van der Waals surface area contributed by atoms with Crippen molar-refractivity contribution >= 4 is 11.9 Å². The lowest BCUT2D eigenvalue weighted by atomic mass is 9.87. The zero-order valence-electron chi connectivity index (χ0n) is 15.9. The van der Waals surface area contributed by atoms with Gasteiger partial charge in [-0.2, -0.15) is 0 Å². The number of carbonyl (C=O) groups excluding carboxylic acids is 2. The minimum atomic E-state index is -0.368. The Bertz CT molecular complexity index is 860. The summed E-state index contributed by atoms with van der Waals surface area (Å²) in [6.45, 7) is 3.56. The molecule has 142 valence electrons. The Morgan fingerprint density at radius 3 is 2.19 bits per heavy atom. The maximum atomic E-state index is 12.3. The number of benzene rings is 2. The lowest BCUT2D eigenvalue weighted by Crippen LogP contribution is -2.39. The third-order valence-corrected chi connectivity index (χ3v) is 4.74. The van der Waals surface area contributed by atoms with Gasteiger partial charge in [0, 0.05) is 20.4 Å². The van der Waals surface area contributed by atoms with Gasteiger partial charge in [0.05, 0.1) is 20.3 Å². The number of carbonyl (C=O) groups is 2. The van der Waals surface area contributed by atoms with Crippen LogP contribution >= 0.6 is 0 Å². The topological polar surface area (TPSA) is 65.1 Å². The van der Waals surface area contributed by atoms with Crippen molar-refractivity contribution in [3.63, 3.8) is 0 Å². The normalized spacial score (nSPS) is 15.7. The first-order valence-electron chi connectivity index (χ1n) is 8.75. The molecule has 0 radical (unpaired) electrons. The van der Waals surface area contributed by atoms with Gasteiger partial charge in [0.25, 0.3) is 0 Å². The first kappa shape index (κ1) is 18.8. The number of fused-ring (bicyclic) bond motifs is 1. The molecule has 27 heavy (non-hydrogen) atoms. The number of amides is 1. The summed E-state index contributed by atoms with van der Waals surface area (Å²) in [5, 5.41) is 0. The first-order chi connectivity index (χ1) is 12.9. The number of methoxy groups -OCH3 is 2. The molecule has 1 aliphatic heterocycles. The molecule has 0 saturated carbocycles. The van der Waals surface area contributed by atoms with Crippen LogP contribution < -0.4 is 14.2 Å². The zero-order valence-corrected chi connectivity index (χ0v) is 15.9. The van der Waals surface area contributed by atoms with Crippen molar-refractivity contribution in [2.24, 2.45) is 0 Å². The second kappa shape index (κ2) is 7.70. The lowest BCUT2D eigenvalue weighted by molar-refractivity contribution is -0.132. The third-order valence-electron chi connectivity index (χ3n) is 4.74. The number of rotatable bonds is 4.